The second-order valence-electron chi connectivity index (χ2n) is 5.82. The Balaban J connectivity index is 1.74. The molecule has 0 amide bonds. The van der Waals surface area contributed by atoms with Crippen molar-refractivity contribution in [3.05, 3.63) is 29.8 Å². The summed E-state index contributed by atoms with van der Waals surface area (Å²) in [5, 5.41) is 12.4. The van der Waals surface area contributed by atoms with Crippen molar-refractivity contribution in [1.82, 2.24) is 5.32 Å². The number of ether oxygens (including phenoxy) is 1. The molecule has 1 heterocycles. The maximum Gasteiger partial charge on any atom is 0.123 e. The van der Waals surface area contributed by atoms with Crippen LogP contribution < -0.4 is 10.1 Å². The van der Waals surface area contributed by atoms with Crippen LogP contribution in [0.4, 0.5) is 0 Å². The molecular formula is C15H23NO2. The Bertz CT molecular complexity index is 365. The first-order valence-corrected chi connectivity index (χ1v) is 6.67. The molecule has 3 heteroatoms. The first-order valence-electron chi connectivity index (χ1n) is 6.67. The van der Waals surface area contributed by atoms with E-state index in [1.165, 1.54) is 5.56 Å². The van der Waals surface area contributed by atoms with Crippen molar-refractivity contribution in [3.63, 3.8) is 0 Å². The van der Waals surface area contributed by atoms with Gasteiger partial charge in [-0.05, 0) is 23.5 Å². The van der Waals surface area contributed by atoms with Crippen LogP contribution in [0.2, 0.25) is 0 Å². The molecule has 0 bridgehead atoms. The van der Waals surface area contributed by atoms with Gasteiger partial charge in [0.05, 0.1) is 0 Å². The second-order valence-corrected chi connectivity index (χ2v) is 5.82. The Hall–Kier alpha value is -1.06. The van der Waals surface area contributed by atoms with Crippen LogP contribution in [0.1, 0.15) is 25.8 Å². The van der Waals surface area contributed by atoms with E-state index in [0.717, 1.165) is 31.7 Å². The number of para-hydroxylation sites is 1. The molecule has 0 spiro atoms. The van der Waals surface area contributed by atoms with Crippen LogP contribution in [-0.2, 0) is 6.42 Å². The highest BCUT2D eigenvalue weighted by atomic mass is 16.5. The van der Waals surface area contributed by atoms with Crippen molar-refractivity contribution in [1.29, 1.82) is 0 Å². The van der Waals surface area contributed by atoms with Crippen molar-refractivity contribution in [2.24, 2.45) is 5.41 Å². The Kier molecular flexibility index (Phi) is 4.25. The summed E-state index contributed by atoms with van der Waals surface area (Å²) in [6.45, 7) is 6.36. The number of nitrogens with one attached hydrogen (secondary N) is 1. The number of hydrogen-bond acceptors (Lipinski definition) is 3. The Labute approximate surface area is 109 Å². The summed E-state index contributed by atoms with van der Waals surface area (Å²) in [6.07, 6.45) is 2.06. The van der Waals surface area contributed by atoms with Gasteiger partial charge in [0.15, 0.2) is 0 Å². The Morgan fingerprint density at radius 3 is 2.89 bits per heavy atom. The fourth-order valence-electron chi connectivity index (χ4n) is 2.33. The van der Waals surface area contributed by atoms with E-state index < -0.39 is 0 Å². The summed E-state index contributed by atoms with van der Waals surface area (Å²) in [4.78, 5) is 0. The van der Waals surface area contributed by atoms with Gasteiger partial charge in [0.1, 0.15) is 11.9 Å². The second kappa shape index (κ2) is 5.72. The third-order valence-corrected chi connectivity index (χ3v) is 3.48. The third-order valence-electron chi connectivity index (χ3n) is 3.48. The number of benzene rings is 1. The van der Waals surface area contributed by atoms with Crippen LogP contribution in [0, 0.1) is 5.41 Å². The molecule has 1 aliphatic rings. The number of aliphatic hydroxyl groups is 1. The van der Waals surface area contributed by atoms with Gasteiger partial charge in [0, 0.05) is 26.1 Å². The van der Waals surface area contributed by atoms with E-state index in [1.807, 2.05) is 12.1 Å². The molecule has 1 unspecified atom stereocenters. The van der Waals surface area contributed by atoms with Gasteiger partial charge in [0.2, 0.25) is 0 Å². The molecule has 0 aliphatic carbocycles. The molecule has 0 fully saturated rings. The minimum atomic E-state index is 0.139. The van der Waals surface area contributed by atoms with E-state index in [9.17, 15) is 0 Å². The molecule has 2 rings (SSSR count). The smallest absolute Gasteiger partial charge is 0.123 e. The fourth-order valence-corrected chi connectivity index (χ4v) is 2.33. The highest BCUT2D eigenvalue weighted by Crippen LogP contribution is 2.27. The van der Waals surface area contributed by atoms with Crippen LogP contribution in [0.3, 0.4) is 0 Å². The number of aliphatic hydroxyl groups excluding tert-OH is 1. The maximum atomic E-state index is 8.98. The van der Waals surface area contributed by atoms with Crippen molar-refractivity contribution < 1.29 is 9.84 Å². The maximum absolute atomic E-state index is 8.98. The van der Waals surface area contributed by atoms with E-state index in [1.54, 1.807) is 0 Å². The molecule has 0 saturated heterocycles. The van der Waals surface area contributed by atoms with Gasteiger partial charge in [-0.15, -0.1) is 0 Å². The molecule has 1 atom stereocenters. The molecule has 18 heavy (non-hydrogen) atoms. The molecule has 2 N–H and O–H groups in total. The highest BCUT2D eigenvalue weighted by Gasteiger charge is 2.23. The van der Waals surface area contributed by atoms with Gasteiger partial charge >= 0.3 is 0 Å². The van der Waals surface area contributed by atoms with E-state index in [4.69, 9.17) is 9.84 Å². The standard InChI is InChI=1S/C15H23NO2/c1-15(2,7-8-17)11-16-10-13-9-12-5-3-4-6-14(12)18-13/h3-6,13,16-17H,7-11H2,1-2H3. The van der Waals surface area contributed by atoms with Gasteiger partial charge in [-0.2, -0.15) is 0 Å². The van der Waals surface area contributed by atoms with Gasteiger partial charge in [0.25, 0.3) is 0 Å². The van der Waals surface area contributed by atoms with Crippen LogP contribution in [0.5, 0.6) is 5.75 Å². The van der Waals surface area contributed by atoms with Crippen LogP contribution in [0.25, 0.3) is 0 Å². The Morgan fingerprint density at radius 1 is 1.39 bits per heavy atom. The quantitative estimate of drug-likeness (QED) is 0.810. The summed E-state index contributed by atoms with van der Waals surface area (Å²) in [7, 11) is 0. The van der Waals surface area contributed by atoms with E-state index in [2.05, 4.69) is 31.3 Å². The normalized spacial score (nSPS) is 18.5. The minimum Gasteiger partial charge on any atom is -0.488 e. The lowest BCUT2D eigenvalue weighted by Crippen LogP contribution is -2.36. The molecule has 1 aliphatic heterocycles. The van der Waals surface area contributed by atoms with E-state index in [-0.39, 0.29) is 18.1 Å². The lowest BCUT2D eigenvalue weighted by Gasteiger charge is -2.24. The SMILES string of the molecule is CC(C)(CCO)CNCC1Cc2ccccc2O1. The summed E-state index contributed by atoms with van der Waals surface area (Å²) in [6, 6.07) is 8.23. The highest BCUT2D eigenvalue weighted by molar-refractivity contribution is 5.37. The minimum absolute atomic E-state index is 0.139. The monoisotopic (exact) mass is 249 g/mol. The van der Waals surface area contributed by atoms with E-state index >= 15 is 0 Å². The first-order chi connectivity index (χ1) is 8.61. The van der Waals surface area contributed by atoms with Crippen molar-refractivity contribution in [3.8, 4) is 5.75 Å². The summed E-state index contributed by atoms with van der Waals surface area (Å²) in [5.41, 5.74) is 1.44. The largest absolute Gasteiger partial charge is 0.488 e. The third kappa shape index (κ3) is 3.47. The zero-order valence-electron chi connectivity index (χ0n) is 11.3. The summed E-state index contributed by atoms with van der Waals surface area (Å²) < 4.78 is 5.87. The first kappa shape index (κ1) is 13.4. The van der Waals surface area contributed by atoms with Crippen LogP contribution in [-0.4, -0.2) is 30.9 Å². The summed E-state index contributed by atoms with van der Waals surface area (Å²) in [5.74, 6) is 1.03. The van der Waals surface area contributed by atoms with Gasteiger partial charge in [-0.1, -0.05) is 32.0 Å². The number of fused-ring (bicyclic) bond motifs is 1. The van der Waals surface area contributed by atoms with Crippen LogP contribution >= 0.6 is 0 Å². The molecule has 0 radical (unpaired) electrons. The molecule has 100 valence electrons. The summed E-state index contributed by atoms with van der Waals surface area (Å²) >= 11 is 0. The molecular weight excluding hydrogens is 226 g/mol. The van der Waals surface area contributed by atoms with Crippen molar-refractivity contribution >= 4 is 0 Å². The molecule has 0 aromatic heterocycles. The lowest BCUT2D eigenvalue weighted by molar-refractivity contribution is 0.190. The molecule has 3 nitrogen and oxygen atoms in total. The number of rotatable bonds is 6. The zero-order valence-corrected chi connectivity index (χ0v) is 11.3. The molecule has 0 saturated carbocycles. The van der Waals surface area contributed by atoms with Gasteiger partial charge < -0.3 is 15.2 Å². The molecule has 1 aromatic carbocycles. The Morgan fingerprint density at radius 2 is 2.17 bits per heavy atom. The number of hydrogen-bond donors (Lipinski definition) is 2. The average molecular weight is 249 g/mol. The molecule has 1 aromatic rings. The van der Waals surface area contributed by atoms with Crippen molar-refractivity contribution in [2.75, 3.05) is 19.7 Å². The van der Waals surface area contributed by atoms with Gasteiger partial charge in [-0.3, -0.25) is 0 Å². The van der Waals surface area contributed by atoms with Gasteiger partial charge in [-0.25, -0.2) is 0 Å². The van der Waals surface area contributed by atoms with E-state index in [0.29, 0.717) is 0 Å². The van der Waals surface area contributed by atoms with Crippen LogP contribution in [0.15, 0.2) is 24.3 Å². The predicted molar refractivity (Wildman–Crippen MR) is 72.9 cm³/mol. The fraction of sp³-hybridized carbons (Fsp3) is 0.600. The predicted octanol–water partition coefficient (Wildman–Crippen LogP) is 1.99. The lowest BCUT2D eigenvalue weighted by atomic mass is 9.90. The average Bonchev–Trinajstić information content (AvgIpc) is 2.71. The topological polar surface area (TPSA) is 41.5 Å². The van der Waals surface area contributed by atoms with Crippen molar-refractivity contribution in [2.45, 2.75) is 32.8 Å². The zero-order chi connectivity index (χ0) is 13.0.